The Kier molecular flexibility index (Phi) is 8.47. The minimum Gasteiger partial charge on any atom is -0.507 e. The second-order valence-corrected chi connectivity index (χ2v) is 13.0. The van der Waals surface area contributed by atoms with Crippen LogP contribution in [0.25, 0.3) is 0 Å². The number of para-hydroxylation sites is 2. The van der Waals surface area contributed by atoms with E-state index in [4.69, 9.17) is 9.47 Å². The molecule has 0 saturated heterocycles. The van der Waals surface area contributed by atoms with Gasteiger partial charge in [0.05, 0.1) is 0 Å². The Bertz CT molecular complexity index is 1810. The topological polar surface area (TPSA) is 84.7 Å². The number of fused-ring (bicyclic) bond motifs is 8. The van der Waals surface area contributed by atoms with Gasteiger partial charge >= 0.3 is 0 Å². The molecule has 6 nitrogen and oxygen atoms in total. The molecule has 0 saturated carbocycles. The van der Waals surface area contributed by atoms with Crippen LogP contribution in [0.1, 0.15) is 44.5 Å². The normalized spacial score (nSPS) is 12.4. The average molecular weight is 736 g/mol. The summed E-state index contributed by atoms with van der Waals surface area (Å²) in [7, 11) is 0. The largest absolute Gasteiger partial charge is 0.507 e. The van der Waals surface area contributed by atoms with Gasteiger partial charge in [-0.25, -0.2) is 9.97 Å². The molecule has 1 aliphatic carbocycles. The average Bonchev–Trinajstić information content (AvgIpc) is 3.05. The second kappa shape index (κ2) is 13.0. The summed E-state index contributed by atoms with van der Waals surface area (Å²) in [5.41, 5.74) is 6.50. The van der Waals surface area contributed by atoms with Crippen LogP contribution in [-0.2, 0) is 25.7 Å². The number of aromatic hydroxyl groups is 2. The van der Waals surface area contributed by atoms with E-state index in [-0.39, 0.29) is 11.5 Å². The molecule has 46 heavy (non-hydrogen) atoms. The molecule has 2 heterocycles. The van der Waals surface area contributed by atoms with Crippen LogP contribution in [0.15, 0.2) is 118 Å². The van der Waals surface area contributed by atoms with Gasteiger partial charge in [0, 0.05) is 59.2 Å². The van der Waals surface area contributed by atoms with Crippen molar-refractivity contribution in [2.75, 3.05) is 0 Å². The third kappa shape index (κ3) is 6.36. The van der Waals surface area contributed by atoms with E-state index in [2.05, 4.69) is 41.8 Å². The second-order valence-electron chi connectivity index (χ2n) is 11.2. The molecule has 0 radical (unpaired) electrons. The highest BCUT2D eigenvalue weighted by Gasteiger charge is 2.22. The van der Waals surface area contributed by atoms with Crippen molar-refractivity contribution in [2.24, 2.45) is 0 Å². The molecule has 1 aliphatic rings. The molecule has 0 atom stereocenters. The summed E-state index contributed by atoms with van der Waals surface area (Å²) >= 11 is 7.39. The third-order valence-corrected chi connectivity index (χ3v) is 8.95. The highest BCUT2D eigenvalue weighted by Crippen LogP contribution is 2.41. The first-order valence-electron chi connectivity index (χ1n) is 14.8. The number of nitrogens with zero attached hydrogens (tertiary/aromatic N) is 2. The Morgan fingerprint density at radius 1 is 0.457 bits per heavy atom. The number of pyridine rings is 2. The van der Waals surface area contributed by atoms with Crippen molar-refractivity contribution in [3.05, 3.63) is 163 Å². The lowest BCUT2D eigenvalue weighted by atomic mass is 9.91. The minimum absolute atomic E-state index is 0.213. The van der Waals surface area contributed by atoms with Gasteiger partial charge in [-0.15, -0.1) is 0 Å². The van der Waals surface area contributed by atoms with Gasteiger partial charge in [0.25, 0.3) is 0 Å². The molecule has 4 aromatic carbocycles. The highest BCUT2D eigenvalue weighted by atomic mass is 79.9. The molecule has 6 aromatic rings. The van der Waals surface area contributed by atoms with E-state index in [0.29, 0.717) is 48.9 Å². The molecule has 8 bridgehead atoms. The highest BCUT2D eigenvalue weighted by molar-refractivity contribution is 9.10. The summed E-state index contributed by atoms with van der Waals surface area (Å²) in [6.45, 7) is 0. The lowest BCUT2D eigenvalue weighted by Crippen LogP contribution is -2.04. The van der Waals surface area contributed by atoms with Crippen molar-refractivity contribution in [1.82, 2.24) is 9.97 Å². The number of benzene rings is 4. The fourth-order valence-corrected chi connectivity index (χ4v) is 7.02. The predicted molar refractivity (Wildman–Crippen MR) is 184 cm³/mol. The predicted octanol–water partition coefficient (Wildman–Crippen LogP) is 9.67. The third-order valence-electron chi connectivity index (χ3n) is 8.03. The Labute approximate surface area is 283 Å². The van der Waals surface area contributed by atoms with E-state index >= 15 is 0 Å². The maximum absolute atomic E-state index is 11.7. The lowest BCUT2D eigenvalue weighted by molar-refractivity contribution is 0.445. The summed E-state index contributed by atoms with van der Waals surface area (Å²) in [6, 6.07) is 30.8. The van der Waals surface area contributed by atoms with E-state index in [9.17, 15) is 10.2 Å². The zero-order valence-electron chi connectivity index (χ0n) is 24.6. The van der Waals surface area contributed by atoms with Gasteiger partial charge in [0.2, 0.25) is 11.8 Å². The Balaban J connectivity index is 1.44. The SMILES string of the molecule is Oc1c2cc(Br)cc1Cc1cccc(c1Oc1ccccn1)Cc1cc(Br)cc(c1O)Cc1cccc(c1Oc1ccccn1)C2. The van der Waals surface area contributed by atoms with Crippen molar-refractivity contribution in [3.8, 4) is 34.8 Å². The number of phenols is 2. The fraction of sp³-hybridized carbons (Fsp3) is 0.105. The van der Waals surface area contributed by atoms with Gasteiger partial charge in [-0.2, -0.15) is 0 Å². The van der Waals surface area contributed by atoms with Crippen LogP contribution < -0.4 is 9.47 Å². The van der Waals surface area contributed by atoms with Crippen LogP contribution in [0.4, 0.5) is 0 Å². The first-order chi connectivity index (χ1) is 22.4. The summed E-state index contributed by atoms with van der Waals surface area (Å²) in [5, 5.41) is 23.4. The van der Waals surface area contributed by atoms with E-state index in [1.165, 1.54) is 0 Å². The van der Waals surface area contributed by atoms with Crippen LogP contribution in [0, 0.1) is 0 Å². The standard InChI is InChI=1S/C38H28Br2N2O4/c39-31-19-27-15-23-7-5-8-24(37(23)45-33-11-1-3-13-41-33)16-28-20-32(40)22-30(36(28)44)18-26-10-6-9-25(17-29(21-31)35(27)43)38(26)46-34-12-2-4-14-42-34/h1-14,19-22,43-44H,15-18H2. The van der Waals surface area contributed by atoms with Gasteiger partial charge < -0.3 is 19.7 Å². The molecule has 0 fully saturated rings. The molecule has 0 amide bonds. The molecule has 0 aliphatic heterocycles. The first kappa shape index (κ1) is 30.0. The molecular formula is C38H28Br2N2O4. The van der Waals surface area contributed by atoms with Crippen LogP contribution in [0.5, 0.6) is 34.8 Å². The summed E-state index contributed by atoms with van der Waals surface area (Å²) in [4.78, 5) is 8.81. The van der Waals surface area contributed by atoms with Gasteiger partial charge in [0.1, 0.15) is 23.0 Å². The maximum atomic E-state index is 11.7. The Morgan fingerprint density at radius 2 is 0.804 bits per heavy atom. The Morgan fingerprint density at radius 3 is 1.11 bits per heavy atom. The number of hydrogen-bond donors (Lipinski definition) is 2. The van der Waals surface area contributed by atoms with Crippen LogP contribution in [0.3, 0.4) is 0 Å². The Hall–Kier alpha value is -4.66. The van der Waals surface area contributed by atoms with Gasteiger partial charge in [-0.1, -0.05) is 80.4 Å². The first-order valence-corrected chi connectivity index (χ1v) is 16.4. The van der Waals surface area contributed by atoms with Crippen molar-refractivity contribution in [2.45, 2.75) is 25.7 Å². The number of aromatic nitrogens is 2. The number of phenolic OH excluding ortho intramolecular Hbond substituents is 2. The van der Waals surface area contributed by atoms with Crippen molar-refractivity contribution < 1.29 is 19.7 Å². The number of hydrogen-bond acceptors (Lipinski definition) is 6. The summed E-state index contributed by atoms with van der Waals surface area (Å²) in [6.07, 6.45) is 5.00. The lowest BCUT2D eigenvalue weighted by Gasteiger charge is -2.20. The zero-order valence-corrected chi connectivity index (χ0v) is 27.8. The monoisotopic (exact) mass is 734 g/mol. The smallest absolute Gasteiger partial charge is 0.219 e. The zero-order chi connectivity index (χ0) is 31.6. The summed E-state index contributed by atoms with van der Waals surface area (Å²) in [5.74, 6) is 2.64. The number of halogens is 2. The van der Waals surface area contributed by atoms with Crippen molar-refractivity contribution in [3.63, 3.8) is 0 Å². The molecule has 228 valence electrons. The van der Waals surface area contributed by atoms with Crippen LogP contribution >= 0.6 is 31.9 Å². The summed E-state index contributed by atoms with van der Waals surface area (Å²) < 4.78 is 14.6. The molecule has 0 unspecified atom stereocenters. The quantitative estimate of drug-likeness (QED) is 0.187. The molecule has 0 spiro atoms. The van der Waals surface area contributed by atoms with Gasteiger partial charge in [-0.3, -0.25) is 0 Å². The molecular weight excluding hydrogens is 708 g/mol. The molecule has 2 aromatic heterocycles. The van der Waals surface area contributed by atoms with Crippen molar-refractivity contribution >= 4 is 31.9 Å². The van der Waals surface area contributed by atoms with E-state index in [1.54, 1.807) is 12.4 Å². The number of ether oxygens (including phenoxy) is 2. The van der Waals surface area contributed by atoms with Gasteiger partial charge in [0.15, 0.2) is 0 Å². The molecule has 8 heteroatoms. The fourth-order valence-electron chi connectivity index (χ4n) is 5.91. The van der Waals surface area contributed by atoms with E-state index in [1.807, 2.05) is 97.1 Å². The van der Waals surface area contributed by atoms with E-state index in [0.717, 1.165) is 53.5 Å². The van der Waals surface area contributed by atoms with Crippen molar-refractivity contribution in [1.29, 1.82) is 0 Å². The van der Waals surface area contributed by atoms with E-state index < -0.39 is 0 Å². The van der Waals surface area contributed by atoms with Gasteiger partial charge in [-0.05, 0) is 80.9 Å². The molecule has 2 N–H and O–H groups in total. The van der Waals surface area contributed by atoms with Crippen LogP contribution in [-0.4, -0.2) is 20.2 Å². The van der Waals surface area contributed by atoms with Crippen LogP contribution in [0.2, 0.25) is 0 Å². The molecule has 7 rings (SSSR count). The number of rotatable bonds is 4. The maximum Gasteiger partial charge on any atom is 0.219 e. The minimum atomic E-state index is 0.213.